The number of β-amino-alcohol motifs (C(OH)–C–C–N with tert-alkyl or cyclic N) is 1. The number of likely N-dealkylation sites (N-methyl/N-ethyl adjacent to an activating group) is 1. The van der Waals surface area contributed by atoms with Crippen LogP contribution in [0.25, 0.3) is 0 Å². The van der Waals surface area contributed by atoms with Gasteiger partial charge in [-0.25, -0.2) is 0 Å². The Bertz CT molecular complexity index is 396. The molecule has 1 heterocycles. The van der Waals surface area contributed by atoms with E-state index in [0.29, 0.717) is 18.5 Å². The lowest BCUT2D eigenvalue weighted by atomic mass is 9.98. The Morgan fingerprint density at radius 2 is 2.05 bits per heavy atom. The maximum absolute atomic E-state index is 9.95. The van der Waals surface area contributed by atoms with E-state index in [2.05, 4.69) is 48.2 Å². The smallest absolute Gasteiger partial charge is 0.0682 e. The highest BCUT2D eigenvalue weighted by molar-refractivity contribution is 5.20. The van der Waals surface area contributed by atoms with Crippen LogP contribution in [0.5, 0.6) is 0 Å². The predicted octanol–water partition coefficient (Wildman–Crippen LogP) is 0.726. The Morgan fingerprint density at radius 1 is 1.35 bits per heavy atom. The Morgan fingerprint density at radius 3 is 2.65 bits per heavy atom. The molecule has 3 N–H and O–H groups in total. The number of hydrogen-bond acceptors (Lipinski definition) is 4. The molecule has 0 radical (unpaired) electrons. The Balaban J connectivity index is 2.02. The summed E-state index contributed by atoms with van der Waals surface area (Å²) in [6, 6.07) is 10.9. The zero-order chi connectivity index (χ0) is 14.5. The van der Waals surface area contributed by atoms with E-state index < -0.39 is 0 Å². The van der Waals surface area contributed by atoms with Gasteiger partial charge in [-0.1, -0.05) is 30.3 Å². The van der Waals surface area contributed by atoms with Gasteiger partial charge in [-0.3, -0.25) is 4.90 Å². The summed E-state index contributed by atoms with van der Waals surface area (Å²) in [6.45, 7) is 3.33. The van der Waals surface area contributed by atoms with Crippen LogP contribution in [0, 0.1) is 0 Å². The second kappa shape index (κ2) is 7.18. The first-order valence-corrected chi connectivity index (χ1v) is 7.42. The number of nitrogens with two attached hydrogens (primary N) is 1. The molecule has 0 amide bonds. The first-order chi connectivity index (χ1) is 9.60. The SMILES string of the molecule is CN(C)CC1CC(O)CN1CC(CN)c1ccccc1. The van der Waals surface area contributed by atoms with Crippen LogP contribution in [0.2, 0.25) is 0 Å². The minimum Gasteiger partial charge on any atom is -0.392 e. The van der Waals surface area contributed by atoms with E-state index in [0.717, 1.165) is 26.1 Å². The molecule has 0 spiro atoms. The molecule has 0 saturated carbocycles. The second-order valence-electron chi connectivity index (χ2n) is 6.10. The maximum atomic E-state index is 9.95. The highest BCUT2D eigenvalue weighted by Gasteiger charge is 2.32. The molecular weight excluding hydrogens is 250 g/mol. The number of hydrogen-bond donors (Lipinski definition) is 2. The molecule has 1 aliphatic heterocycles. The maximum Gasteiger partial charge on any atom is 0.0682 e. The molecule has 1 aromatic rings. The summed E-state index contributed by atoms with van der Waals surface area (Å²) in [5.74, 6) is 0.339. The molecule has 0 bridgehead atoms. The van der Waals surface area contributed by atoms with Crippen LogP contribution in [0.15, 0.2) is 30.3 Å². The van der Waals surface area contributed by atoms with Crippen molar-refractivity contribution in [3.63, 3.8) is 0 Å². The van der Waals surface area contributed by atoms with Crippen LogP contribution >= 0.6 is 0 Å². The normalized spacial score (nSPS) is 25.2. The Hall–Kier alpha value is -0.940. The fourth-order valence-electron chi connectivity index (χ4n) is 3.12. The van der Waals surface area contributed by atoms with Crippen molar-refractivity contribution < 1.29 is 5.11 Å². The van der Waals surface area contributed by atoms with Gasteiger partial charge in [-0.05, 0) is 26.1 Å². The van der Waals surface area contributed by atoms with Crippen molar-refractivity contribution in [3.05, 3.63) is 35.9 Å². The zero-order valence-corrected chi connectivity index (χ0v) is 12.6. The van der Waals surface area contributed by atoms with Gasteiger partial charge in [0.15, 0.2) is 0 Å². The van der Waals surface area contributed by atoms with E-state index in [1.807, 2.05) is 6.07 Å². The first kappa shape index (κ1) is 15.4. The number of aliphatic hydroxyl groups excluding tert-OH is 1. The summed E-state index contributed by atoms with van der Waals surface area (Å²) >= 11 is 0. The Kier molecular flexibility index (Phi) is 5.54. The van der Waals surface area contributed by atoms with Gasteiger partial charge >= 0.3 is 0 Å². The fraction of sp³-hybridized carbons (Fsp3) is 0.625. The van der Waals surface area contributed by atoms with Crippen LogP contribution < -0.4 is 5.73 Å². The van der Waals surface area contributed by atoms with E-state index in [1.165, 1.54) is 5.56 Å². The second-order valence-corrected chi connectivity index (χ2v) is 6.10. The summed E-state index contributed by atoms with van der Waals surface area (Å²) < 4.78 is 0. The molecule has 112 valence electrons. The fourth-order valence-corrected chi connectivity index (χ4v) is 3.12. The lowest BCUT2D eigenvalue weighted by Crippen LogP contribution is -2.40. The van der Waals surface area contributed by atoms with Crippen molar-refractivity contribution in [2.24, 2.45) is 5.73 Å². The van der Waals surface area contributed by atoms with Crippen LogP contribution in [-0.4, -0.2) is 67.3 Å². The summed E-state index contributed by atoms with van der Waals surface area (Å²) in [4.78, 5) is 4.59. The molecule has 4 heteroatoms. The van der Waals surface area contributed by atoms with E-state index in [9.17, 15) is 5.11 Å². The molecule has 1 aliphatic rings. The summed E-state index contributed by atoms with van der Waals surface area (Å²) in [5, 5.41) is 9.95. The molecule has 1 fully saturated rings. The van der Waals surface area contributed by atoms with E-state index in [1.54, 1.807) is 0 Å². The highest BCUT2D eigenvalue weighted by Crippen LogP contribution is 2.23. The quantitative estimate of drug-likeness (QED) is 0.805. The van der Waals surface area contributed by atoms with E-state index >= 15 is 0 Å². The lowest BCUT2D eigenvalue weighted by molar-refractivity contribution is 0.168. The van der Waals surface area contributed by atoms with Crippen molar-refractivity contribution in [2.75, 3.05) is 40.3 Å². The average Bonchev–Trinajstić information content (AvgIpc) is 2.76. The Labute approximate surface area is 122 Å². The number of aliphatic hydroxyl groups is 1. The minimum atomic E-state index is -0.200. The molecule has 3 unspecified atom stereocenters. The number of likely N-dealkylation sites (tertiary alicyclic amines) is 1. The molecule has 0 aliphatic carbocycles. The number of nitrogens with zero attached hydrogens (tertiary/aromatic N) is 2. The highest BCUT2D eigenvalue weighted by atomic mass is 16.3. The zero-order valence-electron chi connectivity index (χ0n) is 12.6. The van der Waals surface area contributed by atoms with Gasteiger partial charge < -0.3 is 15.7 Å². The molecule has 1 saturated heterocycles. The molecule has 4 nitrogen and oxygen atoms in total. The van der Waals surface area contributed by atoms with Gasteiger partial charge in [0.05, 0.1) is 6.10 Å². The van der Waals surface area contributed by atoms with Crippen LogP contribution in [0.4, 0.5) is 0 Å². The number of rotatable bonds is 6. The molecule has 20 heavy (non-hydrogen) atoms. The van der Waals surface area contributed by atoms with Crippen molar-refractivity contribution in [3.8, 4) is 0 Å². The molecule has 2 rings (SSSR count). The third-order valence-electron chi connectivity index (χ3n) is 4.09. The van der Waals surface area contributed by atoms with Crippen LogP contribution in [0.3, 0.4) is 0 Å². The van der Waals surface area contributed by atoms with Crippen LogP contribution in [-0.2, 0) is 0 Å². The van der Waals surface area contributed by atoms with E-state index in [-0.39, 0.29) is 6.10 Å². The first-order valence-electron chi connectivity index (χ1n) is 7.42. The summed E-state index contributed by atoms with van der Waals surface area (Å²) in [6.07, 6.45) is 0.665. The van der Waals surface area contributed by atoms with Crippen molar-refractivity contribution in [2.45, 2.75) is 24.5 Å². The van der Waals surface area contributed by atoms with Crippen LogP contribution in [0.1, 0.15) is 17.9 Å². The summed E-state index contributed by atoms with van der Waals surface area (Å²) in [5.41, 5.74) is 7.26. The van der Waals surface area contributed by atoms with Crippen molar-refractivity contribution in [1.82, 2.24) is 9.80 Å². The number of benzene rings is 1. The standard InChI is InChI=1S/C16H27N3O/c1-18(2)11-15-8-16(20)12-19(15)10-14(9-17)13-6-4-3-5-7-13/h3-7,14-16,20H,8-12,17H2,1-2H3. The monoisotopic (exact) mass is 277 g/mol. The van der Waals surface area contributed by atoms with Gasteiger partial charge in [0.1, 0.15) is 0 Å². The van der Waals surface area contributed by atoms with Gasteiger partial charge in [-0.15, -0.1) is 0 Å². The topological polar surface area (TPSA) is 52.7 Å². The van der Waals surface area contributed by atoms with Crippen molar-refractivity contribution >= 4 is 0 Å². The molecular formula is C16H27N3O. The van der Waals surface area contributed by atoms with Gasteiger partial charge in [0.2, 0.25) is 0 Å². The minimum absolute atomic E-state index is 0.200. The predicted molar refractivity (Wildman–Crippen MR) is 82.8 cm³/mol. The largest absolute Gasteiger partial charge is 0.392 e. The van der Waals surface area contributed by atoms with Crippen molar-refractivity contribution in [1.29, 1.82) is 0 Å². The molecule has 3 atom stereocenters. The molecule has 0 aromatic heterocycles. The third-order valence-corrected chi connectivity index (χ3v) is 4.09. The molecule has 1 aromatic carbocycles. The lowest BCUT2D eigenvalue weighted by Gasteiger charge is -2.30. The average molecular weight is 277 g/mol. The van der Waals surface area contributed by atoms with Gasteiger partial charge in [-0.2, -0.15) is 0 Å². The summed E-state index contributed by atoms with van der Waals surface area (Å²) in [7, 11) is 4.17. The van der Waals surface area contributed by atoms with Gasteiger partial charge in [0.25, 0.3) is 0 Å². The van der Waals surface area contributed by atoms with Gasteiger partial charge in [0, 0.05) is 38.1 Å². The third kappa shape index (κ3) is 4.03. The van der Waals surface area contributed by atoms with E-state index in [4.69, 9.17) is 5.73 Å².